The Morgan fingerprint density at radius 2 is 1.70 bits per heavy atom. The van der Waals surface area contributed by atoms with E-state index in [1.54, 1.807) is 27.9 Å². The summed E-state index contributed by atoms with van der Waals surface area (Å²) in [6, 6.07) is 7.33. The van der Waals surface area contributed by atoms with E-state index in [-0.39, 0.29) is 11.3 Å². The zero-order valence-corrected chi connectivity index (χ0v) is 13.7. The highest BCUT2D eigenvalue weighted by Crippen LogP contribution is 2.26. The Balaban J connectivity index is 3.10. The number of rotatable bonds is 7. The van der Waals surface area contributed by atoms with Gasteiger partial charge in [0.1, 0.15) is 5.75 Å². The van der Waals surface area contributed by atoms with Gasteiger partial charge in [-0.1, -0.05) is 19.1 Å². The van der Waals surface area contributed by atoms with Crippen LogP contribution in [0.15, 0.2) is 24.3 Å². The number of hydrogen-bond donors (Lipinski definition) is 1. The van der Waals surface area contributed by atoms with E-state index in [2.05, 4.69) is 5.32 Å². The molecule has 0 amide bonds. The van der Waals surface area contributed by atoms with Gasteiger partial charge in [0, 0.05) is 6.04 Å². The molecule has 5 heteroatoms. The molecule has 2 atom stereocenters. The number of benzene rings is 1. The van der Waals surface area contributed by atoms with Gasteiger partial charge in [-0.05, 0) is 45.0 Å². The molecule has 0 saturated carbocycles. The van der Waals surface area contributed by atoms with Crippen molar-refractivity contribution in [3.63, 3.8) is 0 Å². The topological polar surface area (TPSA) is 55.4 Å². The second kappa shape index (κ2) is 7.09. The Labute approximate surface area is 122 Å². The lowest BCUT2D eigenvalue weighted by molar-refractivity contribution is 0.414. The SMILES string of the molecule is CCNC(c1ccc(OC)cc1)C(C)S(=O)(=O)C(C)C. The van der Waals surface area contributed by atoms with E-state index in [9.17, 15) is 8.42 Å². The van der Waals surface area contributed by atoms with Crippen molar-refractivity contribution in [3.8, 4) is 5.75 Å². The molecule has 20 heavy (non-hydrogen) atoms. The van der Waals surface area contributed by atoms with Gasteiger partial charge in [0.15, 0.2) is 9.84 Å². The molecular weight excluding hydrogens is 274 g/mol. The van der Waals surface area contributed by atoms with Crippen molar-refractivity contribution in [2.45, 2.75) is 44.2 Å². The highest BCUT2D eigenvalue weighted by molar-refractivity contribution is 7.92. The van der Waals surface area contributed by atoms with Gasteiger partial charge in [0.05, 0.1) is 17.6 Å². The summed E-state index contributed by atoms with van der Waals surface area (Å²) in [6.45, 7) is 7.92. The fourth-order valence-corrected chi connectivity index (χ4v) is 3.70. The number of nitrogens with one attached hydrogen (secondary N) is 1. The molecule has 0 saturated heterocycles. The van der Waals surface area contributed by atoms with Gasteiger partial charge < -0.3 is 10.1 Å². The first kappa shape index (κ1) is 17.0. The van der Waals surface area contributed by atoms with Crippen LogP contribution < -0.4 is 10.1 Å². The summed E-state index contributed by atoms with van der Waals surface area (Å²) >= 11 is 0. The molecule has 2 unspecified atom stereocenters. The second-order valence-corrected chi connectivity index (χ2v) is 8.02. The van der Waals surface area contributed by atoms with E-state index in [1.165, 1.54) is 0 Å². The standard InChI is InChI=1S/C15H25NO3S/c1-6-16-15(12(4)20(17,18)11(2)3)13-7-9-14(19-5)10-8-13/h7-12,15-16H,6H2,1-5H3. The molecule has 0 aromatic heterocycles. The van der Waals surface area contributed by atoms with Gasteiger partial charge in [-0.3, -0.25) is 0 Å². The average molecular weight is 299 g/mol. The number of ether oxygens (including phenoxy) is 1. The van der Waals surface area contributed by atoms with E-state index in [1.807, 2.05) is 31.2 Å². The van der Waals surface area contributed by atoms with Crippen molar-refractivity contribution in [1.82, 2.24) is 5.32 Å². The van der Waals surface area contributed by atoms with Gasteiger partial charge in [-0.25, -0.2) is 8.42 Å². The molecule has 114 valence electrons. The van der Waals surface area contributed by atoms with Crippen LogP contribution in [-0.4, -0.2) is 32.6 Å². The Kier molecular flexibility index (Phi) is 6.02. The molecule has 1 aromatic carbocycles. The molecule has 0 heterocycles. The maximum atomic E-state index is 12.4. The maximum absolute atomic E-state index is 12.4. The highest BCUT2D eigenvalue weighted by atomic mass is 32.2. The van der Waals surface area contributed by atoms with Crippen LogP contribution in [0.3, 0.4) is 0 Å². The van der Waals surface area contributed by atoms with Crippen LogP contribution in [0, 0.1) is 0 Å². The lowest BCUT2D eigenvalue weighted by Crippen LogP contribution is -2.38. The van der Waals surface area contributed by atoms with Crippen molar-refractivity contribution in [3.05, 3.63) is 29.8 Å². The molecule has 0 radical (unpaired) electrons. The van der Waals surface area contributed by atoms with Crippen LogP contribution in [0.25, 0.3) is 0 Å². The van der Waals surface area contributed by atoms with E-state index in [4.69, 9.17) is 4.74 Å². The van der Waals surface area contributed by atoms with E-state index < -0.39 is 15.1 Å². The summed E-state index contributed by atoms with van der Waals surface area (Å²) in [5.41, 5.74) is 0.962. The van der Waals surface area contributed by atoms with E-state index in [0.29, 0.717) is 6.54 Å². The van der Waals surface area contributed by atoms with Crippen LogP contribution in [0.5, 0.6) is 5.75 Å². The minimum absolute atomic E-state index is 0.210. The molecule has 1 N–H and O–H groups in total. The lowest BCUT2D eigenvalue weighted by atomic mass is 10.0. The molecule has 1 rings (SSSR count). The first-order chi connectivity index (χ1) is 9.34. The van der Waals surface area contributed by atoms with Crippen molar-refractivity contribution in [1.29, 1.82) is 0 Å². The normalized spacial score (nSPS) is 15.1. The van der Waals surface area contributed by atoms with Crippen LogP contribution >= 0.6 is 0 Å². The van der Waals surface area contributed by atoms with Crippen molar-refractivity contribution >= 4 is 9.84 Å². The fourth-order valence-electron chi connectivity index (χ4n) is 2.20. The average Bonchev–Trinajstić information content (AvgIpc) is 2.44. The minimum Gasteiger partial charge on any atom is -0.497 e. The summed E-state index contributed by atoms with van der Waals surface area (Å²) in [6.07, 6.45) is 0. The quantitative estimate of drug-likeness (QED) is 0.840. The zero-order chi connectivity index (χ0) is 15.3. The van der Waals surface area contributed by atoms with Crippen LogP contribution in [0.2, 0.25) is 0 Å². The van der Waals surface area contributed by atoms with E-state index in [0.717, 1.165) is 11.3 Å². The van der Waals surface area contributed by atoms with Gasteiger partial charge in [-0.2, -0.15) is 0 Å². The van der Waals surface area contributed by atoms with Gasteiger partial charge in [0.2, 0.25) is 0 Å². The summed E-state index contributed by atoms with van der Waals surface area (Å²) in [5.74, 6) is 0.767. The third-order valence-electron chi connectivity index (χ3n) is 3.54. The molecule has 0 aliphatic heterocycles. The molecule has 0 aliphatic rings. The first-order valence-electron chi connectivity index (χ1n) is 6.94. The molecule has 0 fully saturated rings. The molecule has 1 aromatic rings. The van der Waals surface area contributed by atoms with Gasteiger partial charge in [-0.15, -0.1) is 0 Å². The Bertz CT molecular complexity index is 508. The summed E-state index contributed by atoms with van der Waals surface area (Å²) in [4.78, 5) is 0. The van der Waals surface area contributed by atoms with Gasteiger partial charge >= 0.3 is 0 Å². The largest absolute Gasteiger partial charge is 0.497 e. The second-order valence-electron chi connectivity index (χ2n) is 5.15. The summed E-state index contributed by atoms with van der Waals surface area (Å²) in [7, 11) is -1.54. The molecule has 0 spiro atoms. The van der Waals surface area contributed by atoms with Crippen LogP contribution in [0.1, 0.15) is 39.3 Å². The fraction of sp³-hybridized carbons (Fsp3) is 0.600. The maximum Gasteiger partial charge on any atom is 0.157 e. The van der Waals surface area contributed by atoms with Gasteiger partial charge in [0.25, 0.3) is 0 Å². The van der Waals surface area contributed by atoms with Crippen LogP contribution in [0.4, 0.5) is 0 Å². The van der Waals surface area contributed by atoms with Crippen LogP contribution in [-0.2, 0) is 9.84 Å². The molecule has 4 nitrogen and oxygen atoms in total. The number of sulfone groups is 1. The molecule has 0 bridgehead atoms. The van der Waals surface area contributed by atoms with Crippen molar-refractivity contribution in [2.24, 2.45) is 0 Å². The van der Waals surface area contributed by atoms with Crippen molar-refractivity contribution in [2.75, 3.05) is 13.7 Å². The van der Waals surface area contributed by atoms with E-state index >= 15 is 0 Å². The highest BCUT2D eigenvalue weighted by Gasteiger charge is 2.32. The number of methoxy groups -OCH3 is 1. The summed E-state index contributed by atoms with van der Waals surface area (Å²) in [5, 5.41) is 2.42. The zero-order valence-electron chi connectivity index (χ0n) is 12.9. The molecular formula is C15H25NO3S. The Morgan fingerprint density at radius 1 is 1.15 bits per heavy atom. The third-order valence-corrected chi connectivity index (χ3v) is 6.17. The predicted molar refractivity (Wildman–Crippen MR) is 82.9 cm³/mol. The summed E-state index contributed by atoms with van der Waals surface area (Å²) < 4.78 is 29.9. The minimum atomic E-state index is -3.16. The third kappa shape index (κ3) is 3.73. The number of hydrogen-bond acceptors (Lipinski definition) is 4. The van der Waals surface area contributed by atoms with Crippen molar-refractivity contribution < 1.29 is 13.2 Å². The molecule has 0 aliphatic carbocycles. The smallest absolute Gasteiger partial charge is 0.157 e. The monoisotopic (exact) mass is 299 g/mol. The Morgan fingerprint density at radius 3 is 2.10 bits per heavy atom. The first-order valence-corrected chi connectivity index (χ1v) is 8.55. The lowest BCUT2D eigenvalue weighted by Gasteiger charge is -2.27. The Hall–Kier alpha value is -1.07. The predicted octanol–water partition coefficient (Wildman–Crippen LogP) is 2.56.